The van der Waals surface area contributed by atoms with Gasteiger partial charge in [-0.2, -0.15) is 0 Å². The van der Waals surface area contributed by atoms with E-state index in [2.05, 4.69) is 149 Å². The molecule has 0 saturated heterocycles. The van der Waals surface area contributed by atoms with Crippen LogP contribution in [0.25, 0.3) is 61.3 Å². The van der Waals surface area contributed by atoms with Crippen LogP contribution in [0.2, 0.25) is 0 Å². The summed E-state index contributed by atoms with van der Waals surface area (Å²) >= 11 is 0. The van der Waals surface area contributed by atoms with Gasteiger partial charge in [0, 0.05) is 37.6 Å². The molecular weight excluding hydrogens is 717 g/mol. The Bertz CT molecular complexity index is 2100. The number of furan rings is 1. The first-order valence-corrected chi connectivity index (χ1v) is 15.2. The molecule has 0 aliphatic carbocycles. The van der Waals surface area contributed by atoms with Crippen molar-refractivity contribution in [3.05, 3.63) is 132 Å². The molecule has 4 heteroatoms. The molecule has 1 radical (unpaired) electrons. The fourth-order valence-corrected chi connectivity index (χ4v) is 6.48. The van der Waals surface area contributed by atoms with Crippen molar-refractivity contribution in [1.29, 1.82) is 0 Å². The van der Waals surface area contributed by atoms with Gasteiger partial charge >= 0.3 is 0 Å². The van der Waals surface area contributed by atoms with Gasteiger partial charge in [-0.1, -0.05) is 105 Å². The van der Waals surface area contributed by atoms with Gasteiger partial charge in [0.05, 0.1) is 16.9 Å². The Morgan fingerprint density at radius 2 is 1.50 bits per heavy atom. The summed E-state index contributed by atoms with van der Waals surface area (Å²) in [4.78, 5) is 5.22. The van der Waals surface area contributed by atoms with Gasteiger partial charge in [0.25, 0.3) is 0 Å². The molecule has 2 aromatic heterocycles. The Hall–Kier alpha value is -4.24. The third kappa shape index (κ3) is 5.03. The van der Waals surface area contributed by atoms with Crippen molar-refractivity contribution >= 4 is 22.0 Å². The van der Waals surface area contributed by atoms with Crippen LogP contribution in [-0.2, 0) is 26.5 Å². The van der Waals surface area contributed by atoms with E-state index in [0.29, 0.717) is 5.92 Å². The van der Waals surface area contributed by atoms with Crippen LogP contribution in [0.1, 0.15) is 48.9 Å². The van der Waals surface area contributed by atoms with Gasteiger partial charge in [-0.3, -0.25) is 4.98 Å². The third-order valence-corrected chi connectivity index (χ3v) is 8.62. The fourth-order valence-electron chi connectivity index (χ4n) is 6.48. The van der Waals surface area contributed by atoms with E-state index in [1.54, 1.807) is 0 Å². The molecule has 0 bridgehead atoms. The molecule has 0 unspecified atom stereocenters. The van der Waals surface area contributed by atoms with Gasteiger partial charge in [-0.25, -0.2) is 0 Å². The monoisotopic (exact) mass is 752 g/mol. The number of benzene rings is 5. The van der Waals surface area contributed by atoms with E-state index in [9.17, 15) is 0 Å². The number of aryl methyl sites for hydroxylation is 3. The predicted molar refractivity (Wildman–Crippen MR) is 179 cm³/mol. The van der Waals surface area contributed by atoms with Crippen LogP contribution >= 0.6 is 0 Å². The van der Waals surface area contributed by atoms with E-state index in [1.165, 1.54) is 44.6 Å². The summed E-state index contributed by atoms with van der Waals surface area (Å²) in [6.45, 7) is 11.1. The molecular formula is C40H35IrN2O-. The molecule has 5 aromatic carbocycles. The summed E-state index contributed by atoms with van der Waals surface area (Å²) in [6.07, 6.45) is 4.17. The van der Waals surface area contributed by atoms with E-state index in [-0.39, 0.29) is 20.1 Å². The van der Waals surface area contributed by atoms with E-state index in [4.69, 9.17) is 9.40 Å². The van der Waals surface area contributed by atoms with Crippen molar-refractivity contribution in [2.24, 2.45) is 0 Å². The van der Waals surface area contributed by atoms with E-state index in [1.807, 2.05) is 0 Å². The Kier molecular flexibility index (Phi) is 8.16. The molecule has 0 amide bonds. The summed E-state index contributed by atoms with van der Waals surface area (Å²) < 4.78 is 8.51. The van der Waals surface area contributed by atoms with Gasteiger partial charge in [-0.15, -0.1) is 6.07 Å². The average molecular weight is 752 g/mol. The first kappa shape index (κ1) is 29.8. The molecule has 7 rings (SSSR count). The Balaban J connectivity index is 0.00000343. The van der Waals surface area contributed by atoms with Crippen molar-refractivity contribution < 1.29 is 24.5 Å². The first-order valence-electron chi connectivity index (χ1n) is 15.2. The molecule has 0 spiro atoms. The standard InChI is InChI=1S/C40H35N2O.Ir/c1-6-28-21-31(29-15-8-7-9-16-29)22-33(25(2)3)39(28)42-36-18-11-10-17-35(36)41-40(42)34-24-43-37-23-30(19-20-32(34)37)38-26(4)13-12-14-27(38)5;/h7-23,25H,6H2,1-5H3;/q-1;. The van der Waals surface area contributed by atoms with Crippen molar-refractivity contribution in [2.45, 2.75) is 47.0 Å². The van der Waals surface area contributed by atoms with Gasteiger partial charge in [0.15, 0.2) is 0 Å². The van der Waals surface area contributed by atoms with E-state index in [0.717, 1.165) is 45.4 Å². The Morgan fingerprint density at radius 1 is 0.773 bits per heavy atom. The maximum atomic E-state index is 6.17. The van der Waals surface area contributed by atoms with Crippen LogP contribution in [0.5, 0.6) is 0 Å². The average Bonchev–Trinajstić information content (AvgIpc) is 3.61. The Morgan fingerprint density at radius 3 is 2.23 bits per heavy atom. The number of imidazole rings is 1. The van der Waals surface area contributed by atoms with Gasteiger partial charge in [-0.05, 0) is 95.0 Å². The number of hydrogen-bond acceptors (Lipinski definition) is 2. The second kappa shape index (κ2) is 12.0. The summed E-state index contributed by atoms with van der Waals surface area (Å²) in [6, 6.07) is 36.7. The number of fused-ring (bicyclic) bond motifs is 2. The van der Waals surface area contributed by atoms with Gasteiger partial charge < -0.3 is 8.98 Å². The fraction of sp³-hybridized carbons (Fsp3) is 0.175. The molecule has 7 aromatic rings. The molecule has 221 valence electrons. The molecule has 0 N–H and O–H groups in total. The third-order valence-electron chi connectivity index (χ3n) is 8.62. The number of aromatic nitrogens is 2. The Labute approximate surface area is 272 Å². The SMILES string of the molecule is CCc1cc(-c2ccccc2)cc(C(C)C)c1-n1c(-c2[c-]oc3cc(-c4c(C)cccc4C)ccc23)nc2ccccc21.[Ir]. The molecule has 44 heavy (non-hydrogen) atoms. The van der Waals surface area contributed by atoms with Crippen molar-refractivity contribution in [3.63, 3.8) is 0 Å². The zero-order valence-corrected chi connectivity index (χ0v) is 28.1. The van der Waals surface area contributed by atoms with Crippen molar-refractivity contribution in [1.82, 2.24) is 9.55 Å². The molecule has 0 aliphatic rings. The topological polar surface area (TPSA) is 31.0 Å². The van der Waals surface area contributed by atoms with E-state index >= 15 is 0 Å². The normalized spacial score (nSPS) is 11.4. The molecule has 3 nitrogen and oxygen atoms in total. The zero-order valence-electron chi connectivity index (χ0n) is 25.7. The molecule has 0 aliphatic heterocycles. The zero-order chi connectivity index (χ0) is 29.7. The van der Waals surface area contributed by atoms with Crippen LogP contribution < -0.4 is 0 Å². The summed E-state index contributed by atoms with van der Waals surface area (Å²) in [5.41, 5.74) is 14.9. The van der Waals surface area contributed by atoms with Crippen LogP contribution in [0.3, 0.4) is 0 Å². The summed E-state index contributed by atoms with van der Waals surface area (Å²) in [5.74, 6) is 1.16. The number of nitrogens with zero attached hydrogens (tertiary/aromatic N) is 2. The predicted octanol–water partition coefficient (Wildman–Crippen LogP) is 10.9. The summed E-state index contributed by atoms with van der Waals surface area (Å²) in [5, 5.41) is 1.01. The van der Waals surface area contributed by atoms with Crippen molar-refractivity contribution in [3.8, 4) is 39.3 Å². The molecule has 0 atom stereocenters. The largest absolute Gasteiger partial charge is 0.557 e. The second-order valence-corrected chi connectivity index (χ2v) is 11.8. The van der Waals surface area contributed by atoms with Gasteiger partial charge in [0.1, 0.15) is 0 Å². The van der Waals surface area contributed by atoms with Crippen molar-refractivity contribution in [2.75, 3.05) is 0 Å². The second-order valence-electron chi connectivity index (χ2n) is 11.8. The van der Waals surface area contributed by atoms with Crippen LogP contribution in [0.15, 0.2) is 108 Å². The van der Waals surface area contributed by atoms with E-state index < -0.39 is 0 Å². The minimum absolute atomic E-state index is 0. The van der Waals surface area contributed by atoms with Crippen LogP contribution in [0.4, 0.5) is 0 Å². The maximum Gasteiger partial charge on any atom is 0.0774 e. The first-order chi connectivity index (χ1) is 20.9. The number of para-hydroxylation sites is 2. The van der Waals surface area contributed by atoms with Crippen LogP contribution in [-0.4, -0.2) is 9.55 Å². The van der Waals surface area contributed by atoms with Crippen LogP contribution in [0, 0.1) is 20.1 Å². The van der Waals surface area contributed by atoms with Gasteiger partial charge in [0.2, 0.25) is 0 Å². The minimum Gasteiger partial charge on any atom is -0.557 e. The number of rotatable bonds is 6. The quantitative estimate of drug-likeness (QED) is 0.158. The number of hydrogen-bond donors (Lipinski definition) is 0. The minimum atomic E-state index is 0. The molecule has 0 fully saturated rings. The maximum absolute atomic E-state index is 6.17. The molecule has 2 heterocycles. The smallest absolute Gasteiger partial charge is 0.0774 e. The molecule has 0 saturated carbocycles. The summed E-state index contributed by atoms with van der Waals surface area (Å²) in [7, 11) is 0.